The Morgan fingerprint density at radius 2 is 1.97 bits per heavy atom. The maximum absolute atomic E-state index is 14.0. The van der Waals surface area contributed by atoms with Gasteiger partial charge >= 0.3 is 0 Å². The van der Waals surface area contributed by atoms with E-state index in [9.17, 15) is 18.1 Å². The summed E-state index contributed by atoms with van der Waals surface area (Å²) >= 11 is 0. The number of nitrogens with zero attached hydrogens (tertiary/aromatic N) is 4. The molecular formula is C23H16FN5O3S. The fourth-order valence-electron chi connectivity index (χ4n) is 3.62. The van der Waals surface area contributed by atoms with Gasteiger partial charge in [-0.2, -0.15) is 5.26 Å². The Kier molecular flexibility index (Phi) is 5.03. The lowest BCUT2D eigenvalue weighted by atomic mass is 10.1. The third-order valence-corrected chi connectivity index (χ3v) is 6.55. The molecule has 0 saturated carbocycles. The van der Waals surface area contributed by atoms with Crippen LogP contribution in [0.1, 0.15) is 11.1 Å². The number of fused-ring (bicyclic) bond motifs is 3. The fourth-order valence-corrected chi connectivity index (χ4v) is 4.77. The highest BCUT2D eigenvalue weighted by Crippen LogP contribution is 2.35. The third-order valence-electron chi connectivity index (χ3n) is 5.16. The minimum Gasteiger partial charge on any atom is -0.456 e. The molecule has 33 heavy (non-hydrogen) atoms. The van der Waals surface area contributed by atoms with Crippen LogP contribution in [0.3, 0.4) is 0 Å². The van der Waals surface area contributed by atoms with Gasteiger partial charge in [0.2, 0.25) is 0 Å². The second kappa shape index (κ2) is 8.03. The Bertz CT molecular complexity index is 1480. The number of anilines is 1. The Hall–Kier alpha value is -4.23. The van der Waals surface area contributed by atoms with Crippen LogP contribution in [0, 0.1) is 17.1 Å². The molecule has 0 saturated heterocycles. The van der Waals surface area contributed by atoms with Crippen LogP contribution in [-0.2, 0) is 10.0 Å². The van der Waals surface area contributed by atoms with Crippen molar-refractivity contribution in [3.8, 4) is 17.6 Å². The van der Waals surface area contributed by atoms with Gasteiger partial charge in [-0.3, -0.25) is 9.71 Å². The Balaban J connectivity index is 1.47. The fraction of sp³-hybridized carbons (Fsp3) is 0.0870. The number of hydrogen-bond donors (Lipinski definition) is 1. The molecule has 5 rings (SSSR count). The van der Waals surface area contributed by atoms with Crippen molar-refractivity contribution in [2.75, 3.05) is 17.8 Å². The van der Waals surface area contributed by atoms with Gasteiger partial charge in [-0.25, -0.2) is 17.8 Å². The SMILES string of the molecule is N#Cc1c(NS(=O)(=O)c2ccccc2F)cccc1Oc1ccc2c(c1)C1=NCCN1C=N2. The third kappa shape index (κ3) is 3.79. The molecule has 10 heteroatoms. The smallest absolute Gasteiger partial charge is 0.264 e. The van der Waals surface area contributed by atoms with Gasteiger partial charge in [0, 0.05) is 12.1 Å². The van der Waals surface area contributed by atoms with Gasteiger partial charge in [-0.05, 0) is 42.5 Å². The van der Waals surface area contributed by atoms with Crippen molar-refractivity contribution < 1.29 is 17.5 Å². The number of aliphatic imine (C=N–C) groups is 2. The molecule has 2 aliphatic heterocycles. The van der Waals surface area contributed by atoms with Crippen LogP contribution in [0.4, 0.5) is 15.8 Å². The first-order valence-electron chi connectivity index (χ1n) is 9.94. The van der Waals surface area contributed by atoms with E-state index in [4.69, 9.17) is 4.74 Å². The first-order chi connectivity index (χ1) is 16.0. The summed E-state index contributed by atoms with van der Waals surface area (Å²) in [5.41, 5.74) is 1.51. The largest absolute Gasteiger partial charge is 0.456 e. The van der Waals surface area contributed by atoms with Gasteiger partial charge < -0.3 is 9.64 Å². The van der Waals surface area contributed by atoms with Crippen LogP contribution < -0.4 is 9.46 Å². The maximum atomic E-state index is 14.0. The molecule has 164 valence electrons. The number of benzene rings is 3. The monoisotopic (exact) mass is 461 g/mol. The second-order valence-electron chi connectivity index (χ2n) is 7.25. The van der Waals surface area contributed by atoms with Gasteiger partial charge in [-0.1, -0.05) is 18.2 Å². The van der Waals surface area contributed by atoms with E-state index in [2.05, 4.69) is 14.7 Å². The van der Waals surface area contributed by atoms with Crippen LogP contribution >= 0.6 is 0 Å². The number of hydrogen-bond acceptors (Lipinski definition) is 7. The molecule has 2 heterocycles. The number of rotatable bonds is 5. The molecule has 3 aromatic rings. The summed E-state index contributed by atoms with van der Waals surface area (Å²) in [5, 5.41) is 9.73. The summed E-state index contributed by atoms with van der Waals surface area (Å²) in [6.45, 7) is 1.43. The number of nitrogens with one attached hydrogen (secondary N) is 1. The zero-order valence-electron chi connectivity index (χ0n) is 17.1. The summed E-state index contributed by atoms with van der Waals surface area (Å²) in [6.07, 6.45) is 1.74. The predicted molar refractivity (Wildman–Crippen MR) is 121 cm³/mol. The first kappa shape index (κ1) is 20.7. The highest BCUT2D eigenvalue weighted by molar-refractivity contribution is 7.92. The van der Waals surface area contributed by atoms with E-state index >= 15 is 0 Å². The summed E-state index contributed by atoms with van der Waals surface area (Å²) in [6, 6.07) is 16.8. The van der Waals surface area contributed by atoms with Gasteiger partial charge in [0.1, 0.15) is 39.7 Å². The molecular weight excluding hydrogens is 445 g/mol. The lowest BCUT2D eigenvalue weighted by molar-refractivity contribution is 0.481. The van der Waals surface area contributed by atoms with Crippen LogP contribution in [-0.4, -0.2) is 38.6 Å². The minimum absolute atomic E-state index is 0.0212. The van der Waals surface area contributed by atoms with E-state index in [1.165, 1.54) is 18.2 Å². The van der Waals surface area contributed by atoms with E-state index < -0.39 is 20.7 Å². The van der Waals surface area contributed by atoms with Crippen LogP contribution in [0.2, 0.25) is 0 Å². The number of amidine groups is 1. The van der Waals surface area contributed by atoms with E-state index in [-0.39, 0.29) is 17.0 Å². The van der Waals surface area contributed by atoms with E-state index in [0.717, 1.165) is 35.8 Å². The van der Waals surface area contributed by atoms with Crippen LogP contribution in [0.5, 0.6) is 11.5 Å². The highest BCUT2D eigenvalue weighted by atomic mass is 32.2. The van der Waals surface area contributed by atoms with Gasteiger partial charge in [0.05, 0.1) is 24.3 Å². The van der Waals surface area contributed by atoms with Crippen molar-refractivity contribution >= 4 is 33.6 Å². The standard InChI is InChI=1S/C23H16FN5O3S/c24-18-4-1-2-7-22(18)33(30,31)28-20-5-3-6-21(17(20)13-25)32-15-8-9-19-16(12-15)23-26-10-11-29(23)14-27-19/h1-9,12,14,28H,10-11H2. The molecule has 0 radical (unpaired) electrons. The second-order valence-corrected chi connectivity index (χ2v) is 8.90. The van der Waals surface area contributed by atoms with Crippen molar-refractivity contribution in [2.45, 2.75) is 4.90 Å². The average molecular weight is 461 g/mol. The summed E-state index contributed by atoms with van der Waals surface area (Å²) in [5.74, 6) is 0.496. The van der Waals surface area contributed by atoms with Crippen molar-refractivity contribution in [1.29, 1.82) is 5.26 Å². The zero-order valence-corrected chi connectivity index (χ0v) is 17.9. The Morgan fingerprint density at radius 3 is 2.79 bits per heavy atom. The lowest BCUT2D eigenvalue weighted by Gasteiger charge is -2.21. The minimum atomic E-state index is -4.26. The Labute approximate surface area is 189 Å². The Morgan fingerprint density at radius 1 is 1.12 bits per heavy atom. The number of sulfonamides is 1. The van der Waals surface area contributed by atoms with Gasteiger partial charge in [0.15, 0.2) is 0 Å². The predicted octanol–water partition coefficient (Wildman–Crippen LogP) is 4.03. The average Bonchev–Trinajstić information content (AvgIpc) is 3.29. The maximum Gasteiger partial charge on any atom is 0.264 e. The molecule has 0 bridgehead atoms. The molecule has 0 spiro atoms. The van der Waals surface area contributed by atoms with Crippen molar-refractivity contribution in [1.82, 2.24) is 4.90 Å². The van der Waals surface area contributed by atoms with E-state index in [0.29, 0.717) is 12.3 Å². The van der Waals surface area contributed by atoms with Crippen LogP contribution in [0.15, 0.2) is 75.5 Å². The number of halogens is 1. The molecule has 0 atom stereocenters. The lowest BCUT2D eigenvalue weighted by Crippen LogP contribution is -2.29. The molecule has 0 fully saturated rings. The van der Waals surface area contributed by atoms with Gasteiger partial charge in [-0.15, -0.1) is 0 Å². The molecule has 3 aromatic carbocycles. The summed E-state index contributed by atoms with van der Waals surface area (Å²) in [7, 11) is -4.26. The summed E-state index contributed by atoms with van der Waals surface area (Å²) in [4.78, 5) is 10.4. The number of ether oxygens (including phenoxy) is 1. The zero-order chi connectivity index (χ0) is 23.0. The first-order valence-corrected chi connectivity index (χ1v) is 11.4. The van der Waals surface area contributed by atoms with Crippen molar-refractivity contribution in [2.24, 2.45) is 9.98 Å². The van der Waals surface area contributed by atoms with E-state index in [1.807, 2.05) is 11.0 Å². The molecule has 0 amide bonds. The molecule has 0 aromatic heterocycles. The van der Waals surface area contributed by atoms with Crippen molar-refractivity contribution in [3.63, 3.8) is 0 Å². The van der Waals surface area contributed by atoms with Crippen LogP contribution in [0.25, 0.3) is 0 Å². The van der Waals surface area contributed by atoms with E-state index in [1.54, 1.807) is 36.7 Å². The quantitative estimate of drug-likeness (QED) is 0.617. The van der Waals surface area contributed by atoms with Gasteiger partial charge in [0.25, 0.3) is 10.0 Å². The van der Waals surface area contributed by atoms with Crippen molar-refractivity contribution in [3.05, 3.63) is 77.6 Å². The molecule has 0 aliphatic carbocycles. The molecule has 8 nitrogen and oxygen atoms in total. The molecule has 2 aliphatic rings. The highest BCUT2D eigenvalue weighted by Gasteiger charge is 2.25. The molecule has 0 unspecified atom stereocenters. The topological polar surface area (TPSA) is 107 Å². The number of nitriles is 1. The molecule has 1 N–H and O–H groups in total. The normalized spacial score (nSPS) is 14.2. The summed E-state index contributed by atoms with van der Waals surface area (Å²) < 4.78 is 47.7.